The summed E-state index contributed by atoms with van der Waals surface area (Å²) in [6.45, 7) is -1.56. The van der Waals surface area contributed by atoms with Crippen molar-refractivity contribution in [3.8, 4) is 28.7 Å². The van der Waals surface area contributed by atoms with E-state index < -0.39 is 18.5 Å². The summed E-state index contributed by atoms with van der Waals surface area (Å²) in [6.07, 6.45) is 4.58. The largest absolute Gasteiger partial charge is 0.309 e. The molecule has 2 heterocycles. The first kappa shape index (κ1) is 21.5. The molecule has 4 aromatic rings. The van der Waals surface area contributed by atoms with Crippen molar-refractivity contribution in [2.75, 3.05) is 26.4 Å². The lowest BCUT2D eigenvalue weighted by atomic mass is 10.0. The molecule has 2 aromatic carbocycles. The topological polar surface area (TPSA) is 87.7 Å². The average molecular weight is 500 g/mol. The van der Waals surface area contributed by atoms with E-state index in [9.17, 15) is 10.1 Å². The molecule has 0 fully saturated rings. The van der Waals surface area contributed by atoms with Gasteiger partial charge in [0.15, 0.2) is 5.82 Å². The number of aromatic nitrogens is 4. The number of thioether (sulfide) groups is 1. The Balaban J connectivity index is 1.65. The molecule has 0 radical (unpaired) electrons. The highest BCUT2D eigenvalue weighted by Crippen LogP contribution is 2.25. The Labute approximate surface area is 219 Å². The van der Waals surface area contributed by atoms with Gasteiger partial charge in [0.1, 0.15) is 0 Å². The second-order valence-electron chi connectivity index (χ2n) is 8.47. The van der Waals surface area contributed by atoms with Crippen molar-refractivity contribution in [2.24, 2.45) is 0 Å². The molecule has 0 saturated carbocycles. The normalized spacial score (nSPS) is 13.4. The molecule has 4 rings (SSSR count). The maximum Gasteiger partial charge on any atom is 0.267 e. The highest BCUT2D eigenvalue weighted by molar-refractivity contribution is 7.99. The molecule has 0 spiro atoms. The summed E-state index contributed by atoms with van der Waals surface area (Å²) in [5.41, 5.74) is 1.90. The summed E-state index contributed by atoms with van der Waals surface area (Å²) in [7, 11) is 4.09. The summed E-state index contributed by atoms with van der Waals surface area (Å²) in [5, 5.41) is 13.7. The highest BCUT2D eigenvalue weighted by atomic mass is 32.2. The van der Waals surface area contributed by atoms with Gasteiger partial charge in [0.05, 0.1) is 23.4 Å². The fourth-order valence-electron chi connectivity index (χ4n) is 3.61. The Morgan fingerprint density at radius 3 is 2.61 bits per heavy atom. The molecule has 0 aliphatic rings. The van der Waals surface area contributed by atoms with Gasteiger partial charge in [-0.1, -0.05) is 30.3 Å². The number of hydrogen-bond donors (Lipinski definition) is 0. The molecule has 0 unspecified atom stereocenters. The molecule has 182 valence electrons. The summed E-state index contributed by atoms with van der Waals surface area (Å²) < 4.78 is 25.8. The zero-order valence-electron chi connectivity index (χ0n) is 23.1. The SMILES string of the molecule is [2H]C([2H])([2H])[C@@H](c1cccc(-c2ncc(SCCCN(C)C)cn2)c1)n1nc(-c2cccc(C#N)c2)ccc1=O. The third-order valence-corrected chi connectivity index (χ3v) is 6.50. The van der Waals surface area contributed by atoms with Crippen LogP contribution in [0.3, 0.4) is 0 Å². The van der Waals surface area contributed by atoms with Gasteiger partial charge in [0.25, 0.3) is 5.56 Å². The summed E-state index contributed by atoms with van der Waals surface area (Å²) in [5.74, 6) is 1.42. The van der Waals surface area contributed by atoms with E-state index in [1.165, 1.54) is 12.1 Å². The maximum atomic E-state index is 12.9. The van der Waals surface area contributed by atoms with Crippen molar-refractivity contribution in [3.05, 3.63) is 94.5 Å². The first-order chi connectivity index (χ1) is 18.7. The number of rotatable bonds is 9. The molecule has 8 heteroatoms. The standard InChI is InChI=1S/C28H28N6OS/c1-20(34-27(35)12-11-26(32-34)23-9-4-7-21(15-23)17-29)22-8-5-10-24(16-22)28-30-18-25(19-31-28)36-14-6-13-33(2)3/h4-5,7-12,15-16,18-20H,6,13-14H2,1-3H3/t20-/m0/s1/i1D3. The van der Waals surface area contributed by atoms with Crippen LogP contribution in [-0.4, -0.2) is 51.0 Å². The number of nitrogens with zero attached hydrogens (tertiary/aromatic N) is 6. The van der Waals surface area contributed by atoms with Crippen LogP contribution in [-0.2, 0) is 0 Å². The minimum Gasteiger partial charge on any atom is -0.309 e. The minimum atomic E-state index is -2.57. The van der Waals surface area contributed by atoms with Crippen molar-refractivity contribution < 1.29 is 4.11 Å². The maximum absolute atomic E-state index is 12.9. The van der Waals surface area contributed by atoms with Gasteiger partial charge < -0.3 is 4.90 Å². The molecule has 0 amide bonds. The van der Waals surface area contributed by atoms with Gasteiger partial charge in [-0.25, -0.2) is 14.6 Å². The van der Waals surface area contributed by atoms with Gasteiger partial charge in [-0.05, 0) is 69.5 Å². The Bertz CT molecular complexity index is 1530. The van der Waals surface area contributed by atoms with Gasteiger partial charge in [-0.3, -0.25) is 4.79 Å². The summed E-state index contributed by atoms with van der Waals surface area (Å²) in [4.78, 5) is 25.0. The lowest BCUT2D eigenvalue weighted by Gasteiger charge is -2.16. The zero-order valence-corrected chi connectivity index (χ0v) is 20.9. The molecule has 7 nitrogen and oxygen atoms in total. The second-order valence-corrected chi connectivity index (χ2v) is 9.64. The zero-order chi connectivity index (χ0) is 28.0. The van der Waals surface area contributed by atoms with Crippen LogP contribution < -0.4 is 5.56 Å². The van der Waals surface area contributed by atoms with Crippen LogP contribution in [0.15, 0.2) is 82.7 Å². The Kier molecular flexibility index (Phi) is 7.01. The van der Waals surface area contributed by atoms with Crippen LogP contribution in [0, 0.1) is 11.3 Å². The fraction of sp³-hybridized carbons (Fsp3) is 0.250. The first-order valence-electron chi connectivity index (χ1n) is 13.0. The van der Waals surface area contributed by atoms with Gasteiger partial charge in [-0.2, -0.15) is 10.4 Å². The predicted octanol–water partition coefficient (Wildman–Crippen LogP) is 4.89. The number of nitriles is 1. The van der Waals surface area contributed by atoms with Crippen molar-refractivity contribution >= 4 is 11.8 Å². The predicted molar refractivity (Wildman–Crippen MR) is 144 cm³/mol. The van der Waals surface area contributed by atoms with Gasteiger partial charge in [0.2, 0.25) is 0 Å². The van der Waals surface area contributed by atoms with Gasteiger partial charge in [-0.15, -0.1) is 11.8 Å². The van der Waals surface area contributed by atoms with Gasteiger partial charge in [0, 0.05) is 38.6 Å². The van der Waals surface area contributed by atoms with E-state index in [0.717, 1.165) is 28.3 Å². The summed E-state index contributed by atoms with van der Waals surface area (Å²) in [6, 6.07) is 17.2. The smallest absolute Gasteiger partial charge is 0.267 e. The van der Waals surface area contributed by atoms with Crippen LogP contribution in [0.25, 0.3) is 22.6 Å². The lowest BCUT2D eigenvalue weighted by Crippen LogP contribution is -2.26. The molecule has 0 bridgehead atoms. The Hall–Kier alpha value is -3.80. The molecule has 2 aromatic heterocycles. The Morgan fingerprint density at radius 2 is 1.86 bits per heavy atom. The average Bonchev–Trinajstić information content (AvgIpc) is 2.92. The van der Waals surface area contributed by atoms with E-state index in [1.54, 1.807) is 72.7 Å². The van der Waals surface area contributed by atoms with Crippen LogP contribution >= 0.6 is 11.8 Å². The van der Waals surface area contributed by atoms with Crippen LogP contribution in [0.1, 0.15) is 34.6 Å². The molecule has 0 saturated heterocycles. The molecule has 0 aliphatic carbocycles. The van der Waals surface area contributed by atoms with E-state index in [0.29, 0.717) is 33.8 Å². The third-order valence-electron chi connectivity index (χ3n) is 5.46. The van der Waals surface area contributed by atoms with Gasteiger partial charge >= 0.3 is 0 Å². The van der Waals surface area contributed by atoms with Crippen molar-refractivity contribution in [1.82, 2.24) is 24.6 Å². The molecular formula is C28H28N6OS. The van der Waals surface area contributed by atoms with Crippen LogP contribution in [0.2, 0.25) is 0 Å². The minimum absolute atomic E-state index is 0.385. The van der Waals surface area contributed by atoms with Crippen molar-refractivity contribution in [2.45, 2.75) is 24.2 Å². The highest BCUT2D eigenvalue weighted by Gasteiger charge is 2.14. The molecule has 0 N–H and O–H groups in total. The van der Waals surface area contributed by atoms with Crippen molar-refractivity contribution in [3.63, 3.8) is 0 Å². The fourth-order valence-corrected chi connectivity index (χ4v) is 4.38. The number of benzene rings is 2. The monoisotopic (exact) mass is 499 g/mol. The van der Waals surface area contributed by atoms with Crippen LogP contribution in [0.5, 0.6) is 0 Å². The van der Waals surface area contributed by atoms with Crippen LogP contribution in [0.4, 0.5) is 0 Å². The third kappa shape index (κ3) is 6.25. The van der Waals surface area contributed by atoms with E-state index in [4.69, 9.17) is 4.11 Å². The van der Waals surface area contributed by atoms with E-state index in [-0.39, 0.29) is 0 Å². The van der Waals surface area contributed by atoms with E-state index >= 15 is 0 Å². The van der Waals surface area contributed by atoms with Crippen molar-refractivity contribution in [1.29, 1.82) is 5.26 Å². The molecular weight excluding hydrogens is 468 g/mol. The second kappa shape index (κ2) is 11.8. The van der Waals surface area contributed by atoms with E-state index in [2.05, 4.69) is 26.0 Å². The molecule has 0 aliphatic heterocycles. The quantitative estimate of drug-likeness (QED) is 0.239. The molecule has 36 heavy (non-hydrogen) atoms. The van der Waals surface area contributed by atoms with E-state index in [1.807, 2.05) is 14.1 Å². The Morgan fingerprint density at radius 1 is 1.08 bits per heavy atom. The molecule has 1 atom stereocenters. The first-order valence-corrected chi connectivity index (χ1v) is 12.4. The number of hydrogen-bond acceptors (Lipinski definition) is 7. The lowest BCUT2D eigenvalue weighted by molar-refractivity contribution is 0.410. The summed E-state index contributed by atoms with van der Waals surface area (Å²) >= 11 is 1.69.